The van der Waals surface area contributed by atoms with Crippen LogP contribution in [-0.2, 0) is 24.4 Å². The number of hydrogen-bond acceptors (Lipinski definition) is 5. The van der Waals surface area contributed by atoms with Gasteiger partial charge in [-0.2, -0.15) is 0 Å². The van der Waals surface area contributed by atoms with Gasteiger partial charge in [0.2, 0.25) is 0 Å². The van der Waals surface area contributed by atoms with Gasteiger partial charge in [-0.15, -0.1) is 0 Å². The van der Waals surface area contributed by atoms with Crippen LogP contribution in [0, 0.1) is 19.8 Å². The fourth-order valence-corrected chi connectivity index (χ4v) is 3.96. The second kappa shape index (κ2) is 7.32. The van der Waals surface area contributed by atoms with Gasteiger partial charge >= 0.3 is 0 Å². The van der Waals surface area contributed by atoms with E-state index in [1.807, 2.05) is 13.1 Å². The molecule has 1 fully saturated rings. The second-order valence-corrected chi connectivity index (χ2v) is 7.40. The first-order chi connectivity index (χ1) is 12.2. The largest absolute Gasteiger partial charge is 0.465 e. The maximum Gasteiger partial charge on any atom is 0.122 e. The Hall–Kier alpha value is -1.63. The predicted molar refractivity (Wildman–Crippen MR) is 95.3 cm³/mol. The Morgan fingerprint density at radius 1 is 1.16 bits per heavy atom. The summed E-state index contributed by atoms with van der Waals surface area (Å²) in [5, 5.41) is 0. The van der Waals surface area contributed by atoms with Crippen LogP contribution in [0.5, 0.6) is 0 Å². The maximum absolute atomic E-state index is 5.92. The molecular formula is C19H28N4O2. The summed E-state index contributed by atoms with van der Waals surface area (Å²) in [6.45, 7) is 12.9. The predicted octanol–water partition coefficient (Wildman–Crippen LogP) is 2.06. The summed E-state index contributed by atoms with van der Waals surface area (Å²) in [5.41, 5.74) is 1.23. The van der Waals surface area contributed by atoms with Crippen molar-refractivity contribution in [2.24, 2.45) is 5.92 Å². The molecule has 2 aliphatic rings. The first-order valence-corrected chi connectivity index (χ1v) is 9.26. The van der Waals surface area contributed by atoms with Crippen LogP contribution in [0.2, 0.25) is 0 Å². The Kier molecular flexibility index (Phi) is 4.92. The monoisotopic (exact) mass is 344 g/mol. The molecule has 0 spiro atoms. The molecule has 25 heavy (non-hydrogen) atoms. The zero-order valence-electron chi connectivity index (χ0n) is 15.3. The van der Waals surface area contributed by atoms with Crippen LogP contribution >= 0.6 is 0 Å². The van der Waals surface area contributed by atoms with Crippen LogP contribution in [-0.4, -0.2) is 58.7 Å². The molecule has 6 nitrogen and oxygen atoms in total. The van der Waals surface area contributed by atoms with Crippen LogP contribution in [0.3, 0.4) is 0 Å². The van der Waals surface area contributed by atoms with Crippen molar-refractivity contribution in [3.63, 3.8) is 0 Å². The minimum atomic E-state index is 0.589. The second-order valence-electron chi connectivity index (χ2n) is 7.40. The number of furan rings is 1. The zero-order chi connectivity index (χ0) is 17.2. The summed E-state index contributed by atoms with van der Waals surface area (Å²) in [7, 11) is 0. The van der Waals surface area contributed by atoms with Gasteiger partial charge in [-0.3, -0.25) is 9.80 Å². The molecule has 2 aromatic heterocycles. The molecule has 0 amide bonds. The third-order valence-electron chi connectivity index (χ3n) is 5.35. The summed E-state index contributed by atoms with van der Waals surface area (Å²) >= 11 is 0. The van der Waals surface area contributed by atoms with Crippen molar-refractivity contribution in [1.82, 2.24) is 19.4 Å². The lowest BCUT2D eigenvalue weighted by Gasteiger charge is -2.31. The number of morpholine rings is 1. The fraction of sp³-hybridized carbons (Fsp3) is 0.632. The molecular weight excluding hydrogens is 316 g/mol. The van der Waals surface area contributed by atoms with E-state index >= 15 is 0 Å². The number of aromatic nitrogens is 2. The van der Waals surface area contributed by atoms with E-state index in [9.17, 15) is 0 Å². The Morgan fingerprint density at radius 2 is 2.00 bits per heavy atom. The zero-order valence-corrected chi connectivity index (χ0v) is 15.3. The van der Waals surface area contributed by atoms with Crippen molar-refractivity contribution in [2.45, 2.75) is 33.5 Å². The van der Waals surface area contributed by atoms with Crippen molar-refractivity contribution >= 4 is 0 Å². The number of fused-ring (bicyclic) bond motifs is 1. The molecule has 136 valence electrons. The van der Waals surface area contributed by atoms with Gasteiger partial charge in [0, 0.05) is 51.0 Å². The molecule has 0 radical (unpaired) electrons. The van der Waals surface area contributed by atoms with Crippen molar-refractivity contribution in [3.8, 4) is 0 Å². The summed E-state index contributed by atoms with van der Waals surface area (Å²) in [6.07, 6.45) is 4.04. The van der Waals surface area contributed by atoms with Gasteiger partial charge in [-0.25, -0.2) is 4.98 Å². The van der Waals surface area contributed by atoms with Gasteiger partial charge in [-0.1, -0.05) is 0 Å². The minimum Gasteiger partial charge on any atom is -0.465 e. The van der Waals surface area contributed by atoms with E-state index in [0.29, 0.717) is 5.92 Å². The highest BCUT2D eigenvalue weighted by Crippen LogP contribution is 2.21. The maximum atomic E-state index is 5.92. The molecule has 0 unspecified atom stereocenters. The third-order valence-corrected chi connectivity index (χ3v) is 5.35. The Morgan fingerprint density at radius 3 is 2.76 bits per heavy atom. The molecule has 2 aromatic rings. The van der Waals surface area contributed by atoms with Crippen LogP contribution < -0.4 is 0 Å². The van der Waals surface area contributed by atoms with Crippen molar-refractivity contribution in [1.29, 1.82) is 0 Å². The van der Waals surface area contributed by atoms with Gasteiger partial charge in [0.05, 0.1) is 26.3 Å². The van der Waals surface area contributed by atoms with E-state index in [1.54, 1.807) is 0 Å². The first kappa shape index (κ1) is 16.8. The smallest absolute Gasteiger partial charge is 0.122 e. The van der Waals surface area contributed by atoms with Gasteiger partial charge in [0.25, 0.3) is 0 Å². The molecule has 0 bridgehead atoms. The average Bonchev–Trinajstić information content (AvgIpc) is 3.10. The number of hydrogen-bond donors (Lipinski definition) is 0. The standard InChI is InChI=1S/C19H28N4O2/c1-15-9-18(25-16(15)2)13-22-11-17(10-21-5-7-24-8-6-21)12-23-4-3-20-19(23)14-22/h3-4,9,17H,5-8,10-14H2,1-2H3/t17-/m0/s1. The molecule has 1 saturated heterocycles. The minimum absolute atomic E-state index is 0.589. The van der Waals surface area contributed by atoms with Crippen molar-refractivity contribution < 1.29 is 9.15 Å². The summed E-state index contributed by atoms with van der Waals surface area (Å²) < 4.78 is 13.7. The lowest BCUT2D eigenvalue weighted by molar-refractivity contribution is 0.0263. The van der Waals surface area contributed by atoms with E-state index in [2.05, 4.69) is 38.5 Å². The van der Waals surface area contributed by atoms with Crippen LogP contribution in [0.25, 0.3) is 0 Å². The lowest BCUT2D eigenvalue weighted by Crippen LogP contribution is -2.42. The molecule has 0 saturated carbocycles. The molecule has 1 atom stereocenters. The molecule has 6 heteroatoms. The highest BCUT2D eigenvalue weighted by molar-refractivity contribution is 5.18. The molecule has 0 N–H and O–H groups in total. The number of rotatable bonds is 4. The topological polar surface area (TPSA) is 46.7 Å². The molecule has 0 aliphatic carbocycles. The average molecular weight is 344 g/mol. The third kappa shape index (κ3) is 3.97. The van der Waals surface area contributed by atoms with Gasteiger partial charge in [0.15, 0.2) is 0 Å². The van der Waals surface area contributed by atoms with Crippen LogP contribution in [0.1, 0.15) is 22.9 Å². The Labute approximate surface area is 149 Å². The SMILES string of the molecule is Cc1cc(CN2Cc3nccn3C[C@@H](CN3CCOCC3)C2)oc1C. The van der Waals surface area contributed by atoms with Crippen LogP contribution in [0.4, 0.5) is 0 Å². The molecule has 0 aromatic carbocycles. The number of ether oxygens (including phenoxy) is 1. The molecule has 2 aliphatic heterocycles. The fourth-order valence-electron chi connectivity index (χ4n) is 3.96. The van der Waals surface area contributed by atoms with Crippen LogP contribution in [0.15, 0.2) is 22.9 Å². The van der Waals surface area contributed by atoms with E-state index in [1.165, 1.54) is 5.56 Å². The van der Waals surface area contributed by atoms with Gasteiger partial charge in [-0.05, 0) is 25.5 Å². The van der Waals surface area contributed by atoms with E-state index in [4.69, 9.17) is 9.15 Å². The highest BCUT2D eigenvalue weighted by atomic mass is 16.5. The lowest BCUT2D eigenvalue weighted by atomic mass is 10.1. The molecule has 4 heterocycles. The van der Waals surface area contributed by atoms with Gasteiger partial charge in [0.1, 0.15) is 17.3 Å². The quantitative estimate of drug-likeness (QED) is 0.850. The van der Waals surface area contributed by atoms with Crippen molar-refractivity contribution in [2.75, 3.05) is 39.4 Å². The number of nitrogens with zero attached hydrogens (tertiary/aromatic N) is 4. The number of aryl methyl sites for hydroxylation is 2. The first-order valence-electron chi connectivity index (χ1n) is 9.26. The Balaban J connectivity index is 1.48. The van der Waals surface area contributed by atoms with E-state index < -0.39 is 0 Å². The van der Waals surface area contributed by atoms with E-state index in [-0.39, 0.29) is 0 Å². The molecule has 4 rings (SSSR count). The highest BCUT2D eigenvalue weighted by Gasteiger charge is 2.25. The Bertz CT molecular complexity index is 683. The van der Waals surface area contributed by atoms with E-state index in [0.717, 1.165) is 76.4 Å². The summed E-state index contributed by atoms with van der Waals surface area (Å²) in [6, 6.07) is 2.17. The van der Waals surface area contributed by atoms with Gasteiger partial charge < -0.3 is 13.7 Å². The van der Waals surface area contributed by atoms with Crippen molar-refractivity contribution in [3.05, 3.63) is 41.4 Å². The number of imidazole rings is 1. The summed E-state index contributed by atoms with van der Waals surface area (Å²) in [5.74, 6) is 3.83. The normalized spacial score (nSPS) is 22.7. The summed E-state index contributed by atoms with van der Waals surface area (Å²) in [4.78, 5) is 9.59.